The Morgan fingerprint density at radius 3 is 2.65 bits per heavy atom. The van der Waals surface area contributed by atoms with Crippen LogP contribution in [0.15, 0.2) is 0 Å². The molecule has 1 N–H and O–H groups in total. The minimum atomic E-state index is -0.629. The Bertz CT molecular complexity index is 320. The van der Waals surface area contributed by atoms with Gasteiger partial charge in [-0.2, -0.15) is 0 Å². The summed E-state index contributed by atoms with van der Waals surface area (Å²) in [5, 5.41) is 3.41. The first-order valence-electron chi connectivity index (χ1n) is 7.99. The Labute approximate surface area is 124 Å². The first kappa shape index (κ1) is 17.4. The molecular weight excluding hydrogens is 252 g/mol. The standard InChI is InChI=1S/C16H32N2O2/c1-7-20-15(19)16(6,17-12(2)3)11-18-10-8-9-13(4)14(18)5/h12-14,17H,7-11H2,1-6H3. The summed E-state index contributed by atoms with van der Waals surface area (Å²) in [6.07, 6.45) is 2.50. The molecule has 0 aromatic rings. The molecule has 0 radical (unpaired) electrons. The second kappa shape index (κ2) is 7.41. The third-order valence-corrected chi connectivity index (χ3v) is 4.36. The molecule has 1 aliphatic rings. The number of esters is 1. The monoisotopic (exact) mass is 284 g/mol. The second-order valence-electron chi connectivity index (χ2n) is 6.68. The molecule has 1 aliphatic heterocycles. The van der Waals surface area contributed by atoms with E-state index >= 15 is 0 Å². The predicted molar refractivity (Wildman–Crippen MR) is 82.7 cm³/mol. The van der Waals surface area contributed by atoms with Crippen LogP contribution in [0.5, 0.6) is 0 Å². The average Bonchev–Trinajstić information content (AvgIpc) is 2.34. The van der Waals surface area contributed by atoms with Gasteiger partial charge >= 0.3 is 5.97 Å². The lowest BCUT2D eigenvalue weighted by Gasteiger charge is -2.43. The second-order valence-corrected chi connectivity index (χ2v) is 6.68. The van der Waals surface area contributed by atoms with E-state index < -0.39 is 5.54 Å². The molecule has 4 nitrogen and oxygen atoms in total. The Morgan fingerprint density at radius 2 is 2.10 bits per heavy atom. The van der Waals surface area contributed by atoms with E-state index in [1.54, 1.807) is 0 Å². The van der Waals surface area contributed by atoms with Gasteiger partial charge in [0.05, 0.1) is 6.61 Å². The van der Waals surface area contributed by atoms with Gasteiger partial charge in [0.25, 0.3) is 0 Å². The average molecular weight is 284 g/mol. The molecular formula is C16H32N2O2. The van der Waals surface area contributed by atoms with E-state index in [9.17, 15) is 4.79 Å². The fourth-order valence-electron chi connectivity index (χ4n) is 3.15. The molecule has 0 bridgehead atoms. The van der Waals surface area contributed by atoms with E-state index in [0.717, 1.165) is 13.1 Å². The SMILES string of the molecule is CCOC(=O)C(C)(CN1CCCC(C)C1C)NC(C)C. The molecule has 0 spiro atoms. The van der Waals surface area contributed by atoms with Crippen molar-refractivity contribution < 1.29 is 9.53 Å². The summed E-state index contributed by atoms with van der Waals surface area (Å²) in [5.74, 6) is 0.549. The highest BCUT2D eigenvalue weighted by Gasteiger charge is 2.39. The summed E-state index contributed by atoms with van der Waals surface area (Å²) in [7, 11) is 0. The summed E-state index contributed by atoms with van der Waals surface area (Å²) < 4.78 is 5.28. The summed E-state index contributed by atoms with van der Waals surface area (Å²) in [6.45, 7) is 14.8. The van der Waals surface area contributed by atoms with E-state index in [-0.39, 0.29) is 12.0 Å². The van der Waals surface area contributed by atoms with Crippen molar-refractivity contribution in [2.24, 2.45) is 5.92 Å². The van der Waals surface area contributed by atoms with Gasteiger partial charge < -0.3 is 4.74 Å². The van der Waals surface area contributed by atoms with Crippen molar-refractivity contribution in [2.75, 3.05) is 19.7 Å². The Morgan fingerprint density at radius 1 is 1.45 bits per heavy atom. The molecule has 1 saturated heterocycles. The summed E-state index contributed by atoms with van der Waals surface area (Å²) in [6, 6.07) is 0.772. The van der Waals surface area contributed by atoms with E-state index in [2.05, 4.69) is 37.9 Å². The van der Waals surface area contributed by atoms with Crippen molar-refractivity contribution in [3.05, 3.63) is 0 Å². The van der Waals surface area contributed by atoms with Crippen LogP contribution in [0.3, 0.4) is 0 Å². The molecule has 0 aromatic heterocycles. The lowest BCUT2D eigenvalue weighted by atomic mass is 9.89. The molecule has 118 valence electrons. The fraction of sp³-hybridized carbons (Fsp3) is 0.938. The maximum atomic E-state index is 12.4. The number of likely N-dealkylation sites (tertiary alicyclic amines) is 1. The lowest BCUT2D eigenvalue weighted by molar-refractivity contribution is -0.152. The molecule has 3 atom stereocenters. The van der Waals surface area contributed by atoms with Gasteiger partial charge in [-0.05, 0) is 59.9 Å². The predicted octanol–water partition coefficient (Wildman–Crippen LogP) is 2.43. The zero-order valence-corrected chi connectivity index (χ0v) is 14.0. The van der Waals surface area contributed by atoms with Gasteiger partial charge in [0.1, 0.15) is 5.54 Å². The van der Waals surface area contributed by atoms with Gasteiger partial charge in [0.15, 0.2) is 0 Å². The van der Waals surface area contributed by atoms with Crippen molar-refractivity contribution >= 4 is 5.97 Å². The molecule has 0 aliphatic carbocycles. The third-order valence-electron chi connectivity index (χ3n) is 4.36. The summed E-state index contributed by atoms with van der Waals surface area (Å²) in [4.78, 5) is 14.8. The smallest absolute Gasteiger partial charge is 0.327 e. The van der Waals surface area contributed by atoms with Crippen LogP contribution in [0, 0.1) is 5.92 Å². The minimum absolute atomic E-state index is 0.140. The largest absolute Gasteiger partial charge is 0.465 e. The van der Waals surface area contributed by atoms with Crippen LogP contribution in [-0.4, -0.2) is 48.2 Å². The van der Waals surface area contributed by atoms with E-state index in [1.807, 2.05) is 13.8 Å². The van der Waals surface area contributed by atoms with Gasteiger partial charge in [0.2, 0.25) is 0 Å². The van der Waals surface area contributed by atoms with E-state index in [1.165, 1.54) is 12.8 Å². The minimum Gasteiger partial charge on any atom is -0.465 e. The highest BCUT2D eigenvalue weighted by molar-refractivity contribution is 5.80. The van der Waals surface area contributed by atoms with Crippen LogP contribution in [0.2, 0.25) is 0 Å². The maximum absolute atomic E-state index is 12.4. The van der Waals surface area contributed by atoms with Crippen molar-refractivity contribution in [2.45, 2.75) is 72.0 Å². The van der Waals surface area contributed by atoms with Crippen LogP contribution in [0.4, 0.5) is 0 Å². The molecule has 1 heterocycles. The van der Waals surface area contributed by atoms with Gasteiger partial charge in [-0.15, -0.1) is 0 Å². The summed E-state index contributed by atoms with van der Waals surface area (Å²) >= 11 is 0. The van der Waals surface area contributed by atoms with Crippen LogP contribution in [-0.2, 0) is 9.53 Å². The Kier molecular flexibility index (Phi) is 6.46. The molecule has 1 rings (SSSR count). The number of rotatable bonds is 6. The highest BCUT2D eigenvalue weighted by Crippen LogP contribution is 2.25. The zero-order valence-electron chi connectivity index (χ0n) is 14.0. The number of nitrogens with one attached hydrogen (secondary N) is 1. The maximum Gasteiger partial charge on any atom is 0.327 e. The Hall–Kier alpha value is -0.610. The topological polar surface area (TPSA) is 41.6 Å². The van der Waals surface area contributed by atoms with Crippen LogP contribution in [0.1, 0.15) is 54.4 Å². The van der Waals surface area contributed by atoms with Gasteiger partial charge in [-0.3, -0.25) is 15.0 Å². The zero-order chi connectivity index (χ0) is 15.3. The first-order valence-corrected chi connectivity index (χ1v) is 7.99. The van der Waals surface area contributed by atoms with Crippen molar-refractivity contribution in [3.8, 4) is 0 Å². The highest BCUT2D eigenvalue weighted by atomic mass is 16.5. The molecule has 1 fully saturated rings. The molecule has 0 saturated carbocycles. The quantitative estimate of drug-likeness (QED) is 0.761. The van der Waals surface area contributed by atoms with Crippen molar-refractivity contribution in [1.82, 2.24) is 10.2 Å². The molecule has 4 heteroatoms. The van der Waals surface area contributed by atoms with Gasteiger partial charge in [-0.1, -0.05) is 6.92 Å². The summed E-state index contributed by atoms with van der Waals surface area (Å²) in [5.41, 5.74) is -0.629. The first-order chi connectivity index (χ1) is 9.30. The number of ether oxygens (including phenoxy) is 1. The lowest BCUT2D eigenvalue weighted by Crippen LogP contribution is -2.61. The third kappa shape index (κ3) is 4.45. The fourth-order valence-corrected chi connectivity index (χ4v) is 3.15. The van der Waals surface area contributed by atoms with Crippen molar-refractivity contribution in [3.63, 3.8) is 0 Å². The van der Waals surface area contributed by atoms with Gasteiger partial charge in [-0.25, -0.2) is 0 Å². The normalized spacial score (nSPS) is 27.4. The number of hydrogen-bond donors (Lipinski definition) is 1. The molecule has 3 unspecified atom stereocenters. The molecule has 20 heavy (non-hydrogen) atoms. The molecule has 0 aromatic carbocycles. The number of nitrogens with zero attached hydrogens (tertiary/aromatic N) is 1. The van der Waals surface area contributed by atoms with E-state index in [0.29, 0.717) is 18.6 Å². The number of carbonyl (C=O) groups is 1. The number of carbonyl (C=O) groups excluding carboxylic acids is 1. The Balaban J connectivity index is 2.80. The van der Waals surface area contributed by atoms with Gasteiger partial charge in [0, 0.05) is 18.6 Å². The number of piperidine rings is 1. The van der Waals surface area contributed by atoms with Crippen molar-refractivity contribution in [1.29, 1.82) is 0 Å². The molecule has 0 amide bonds. The van der Waals surface area contributed by atoms with Crippen LogP contribution in [0.25, 0.3) is 0 Å². The number of hydrogen-bond acceptors (Lipinski definition) is 4. The van der Waals surface area contributed by atoms with Crippen LogP contribution < -0.4 is 5.32 Å². The van der Waals surface area contributed by atoms with E-state index in [4.69, 9.17) is 4.74 Å². The van der Waals surface area contributed by atoms with Crippen LogP contribution >= 0.6 is 0 Å².